The summed E-state index contributed by atoms with van der Waals surface area (Å²) in [6.45, 7) is 5.90. The number of piperidine rings is 1. The molecule has 0 atom stereocenters. The summed E-state index contributed by atoms with van der Waals surface area (Å²) >= 11 is 0. The first-order valence-corrected chi connectivity index (χ1v) is 13.0. The van der Waals surface area contributed by atoms with Crippen molar-refractivity contribution in [2.75, 3.05) is 31.6 Å². The molecule has 1 aromatic heterocycles. The van der Waals surface area contributed by atoms with Crippen molar-refractivity contribution in [3.8, 4) is 5.75 Å². The average molecular weight is 529 g/mol. The van der Waals surface area contributed by atoms with Gasteiger partial charge in [-0.2, -0.15) is 13.2 Å². The van der Waals surface area contributed by atoms with E-state index in [2.05, 4.69) is 26.3 Å². The van der Waals surface area contributed by atoms with Gasteiger partial charge in [0.25, 0.3) is 0 Å². The number of aromatic nitrogens is 2. The summed E-state index contributed by atoms with van der Waals surface area (Å²) in [6, 6.07) is 8.62. The van der Waals surface area contributed by atoms with Crippen LogP contribution in [-0.4, -0.2) is 57.7 Å². The number of ether oxygens (including phenoxy) is 1. The summed E-state index contributed by atoms with van der Waals surface area (Å²) in [6.07, 6.45) is -2.29. The van der Waals surface area contributed by atoms with Crippen LogP contribution in [0.4, 0.5) is 18.9 Å². The molecular formula is C28H31F3N4O3. The standard InChI is InChI=1S/C28H31F3N4O3/c1-16-3-4-21-19(11-16)27(25(36)33-21)5-7-35(8-6-27)9-10-38-18-12-20(28(29,30)31)23-22(13-18)32-24(34-23)17-14-26(2,37)15-17/h3-4,11-13,17,37H,5-10,14-15H2,1-2H3,(H,32,34)(H,33,36). The molecule has 1 aliphatic carbocycles. The zero-order valence-electron chi connectivity index (χ0n) is 21.4. The van der Waals surface area contributed by atoms with Crippen LogP contribution in [0.2, 0.25) is 0 Å². The summed E-state index contributed by atoms with van der Waals surface area (Å²) in [7, 11) is 0. The minimum Gasteiger partial charge on any atom is -0.492 e. The van der Waals surface area contributed by atoms with E-state index in [1.54, 1.807) is 13.0 Å². The van der Waals surface area contributed by atoms with Gasteiger partial charge in [-0.1, -0.05) is 17.7 Å². The molecule has 1 saturated heterocycles. The number of aliphatic hydroxyl groups is 1. The van der Waals surface area contributed by atoms with Crippen LogP contribution in [0.1, 0.15) is 61.0 Å². The number of rotatable bonds is 5. The van der Waals surface area contributed by atoms with E-state index in [4.69, 9.17) is 4.74 Å². The molecular weight excluding hydrogens is 497 g/mol. The number of fused-ring (bicyclic) bond motifs is 3. The van der Waals surface area contributed by atoms with Crippen LogP contribution in [0, 0.1) is 6.92 Å². The molecule has 2 aromatic carbocycles. The van der Waals surface area contributed by atoms with Crippen molar-refractivity contribution in [3.63, 3.8) is 0 Å². The predicted molar refractivity (Wildman–Crippen MR) is 136 cm³/mol. The summed E-state index contributed by atoms with van der Waals surface area (Å²) < 4.78 is 47.4. The maximum absolute atomic E-state index is 13.9. The summed E-state index contributed by atoms with van der Waals surface area (Å²) in [5.74, 6) is 0.548. The van der Waals surface area contributed by atoms with Gasteiger partial charge in [0.2, 0.25) is 5.91 Å². The van der Waals surface area contributed by atoms with Crippen LogP contribution in [-0.2, 0) is 16.4 Å². The van der Waals surface area contributed by atoms with Crippen molar-refractivity contribution < 1.29 is 27.8 Å². The topological polar surface area (TPSA) is 90.5 Å². The van der Waals surface area contributed by atoms with E-state index in [9.17, 15) is 23.1 Å². The van der Waals surface area contributed by atoms with E-state index in [0.29, 0.717) is 51.1 Å². The second kappa shape index (κ2) is 8.71. The first-order valence-electron chi connectivity index (χ1n) is 13.0. The lowest BCUT2D eigenvalue weighted by Crippen LogP contribution is -2.47. The summed E-state index contributed by atoms with van der Waals surface area (Å²) in [4.78, 5) is 22.3. The number of amides is 1. The molecule has 7 nitrogen and oxygen atoms in total. The Labute approximate surface area is 218 Å². The summed E-state index contributed by atoms with van der Waals surface area (Å²) in [5, 5.41) is 13.0. The van der Waals surface area contributed by atoms with Crippen molar-refractivity contribution in [1.29, 1.82) is 0 Å². The number of carbonyl (C=O) groups excluding carboxylic acids is 1. The predicted octanol–water partition coefficient (Wildman–Crippen LogP) is 4.88. The number of nitrogens with zero attached hydrogens (tertiary/aromatic N) is 2. The Bertz CT molecular complexity index is 1400. The fourth-order valence-corrected chi connectivity index (χ4v) is 6.27. The Morgan fingerprint density at radius 2 is 1.92 bits per heavy atom. The highest BCUT2D eigenvalue weighted by Crippen LogP contribution is 2.46. The van der Waals surface area contributed by atoms with E-state index in [0.717, 1.165) is 22.9 Å². The number of aryl methyl sites for hydroxylation is 1. The molecule has 3 aromatic rings. The lowest BCUT2D eigenvalue weighted by molar-refractivity contribution is -0.136. The molecule has 3 N–H and O–H groups in total. The highest BCUT2D eigenvalue weighted by molar-refractivity contribution is 6.06. The second-order valence-corrected chi connectivity index (χ2v) is 11.4. The molecule has 6 rings (SSSR count). The van der Waals surface area contributed by atoms with E-state index in [1.807, 2.05) is 19.1 Å². The van der Waals surface area contributed by atoms with Crippen LogP contribution >= 0.6 is 0 Å². The molecule has 2 fully saturated rings. The van der Waals surface area contributed by atoms with Crippen LogP contribution in [0.15, 0.2) is 30.3 Å². The Morgan fingerprint density at radius 1 is 1.18 bits per heavy atom. The number of anilines is 1. The molecule has 38 heavy (non-hydrogen) atoms. The quantitative estimate of drug-likeness (QED) is 0.439. The Morgan fingerprint density at radius 3 is 2.61 bits per heavy atom. The molecule has 1 saturated carbocycles. The Hall–Kier alpha value is -3.11. The molecule has 0 unspecified atom stereocenters. The molecule has 2 aliphatic heterocycles. The number of hydrogen-bond acceptors (Lipinski definition) is 5. The zero-order chi connectivity index (χ0) is 26.9. The maximum atomic E-state index is 13.9. The molecule has 202 valence electrons. The van der Waals surface area contributed by atoms with E-state index >= 15 is 0 Å². The number of nitrogens with one attached hydrogen (secondary N) is 2. The minimum absolute atomic E-state index is 0.0476. The fourth-order valence-electron chi connectivity index (χ4n) is 6.27. The number of imidazole rings is 1. The van der Waals surface area contributed by atoms with Gasteiger partial charge < -0.3 is 20.1 Å². The number of benzene rings is 2. The van der Waals surface area contributed by atoms with Crippen molar-refractivity contribution in [2.24, 2.45) is 0 Å². The fraction of sp³-hybridized carbons (Fsp3) is 0.500. The molecule has 1 amide bonds. The third kappa shape index (κ3) is 4.33. The molecule has 1 spiro atoms. The number of carbonyl (C=O) groups is 1. The molecule has 3 heterocycles. The lowest BCUT2D eigenvalue weighted by atomic mass is 9.72. The molecule has 0 radical (unpaired) electrons. The monoisotopic (exact) mass is 528 g/mol. The number of alkyl halides is 3. The zero-order valence-corrected chi connectivity index (χ0v) is 21.4. The highest BCUT2D eigenvalue weighted by atomic mass is 19.4. The summed E-state index contributed by atoms with van der Waals surface area (Å²) in [5.41, 5.74) is 1.07. The maximum Gasteiger partial charge on any atom is 0.418 e. The van der Waals surface area contributed by atoms with Gasteiger partial charge in [-0.15, -0.1) is 0 Å². The number of hydrogen-bond donors (Lipinski definition) is 3. The highest BCUT2D eigenvalue weighted by Gasteiger charge is 2.48. The van der Waals surface area contributed by atoms with Gasteiger partial charge in [0.1, 0.15) is 23.7 Å². The normalized spacial score (nSPS) is 24.9. The van der Waals surface area contributed by atoms with Crippen LogP contribution < -0.4 is 10.1 Å². The van der Waals surface area contributed by atoms with Gasteiger partial charge in [-0.3, -0.25) is 9.69 Å². The largest absolute Gasteiger partial charge is 0.492 e. The Kier molecular flexibility index (Phi) is 5.77. The van der Waals surface area contributed by atoms with E-state index in [-0.39, 0.29) is 35.2 Å². The van der Waals surface area contributed by atoms with E-state index < -0.39 is 22.8 Å². The van der Waals surface area contributed by atoms with Crippen molar-refractivity contribution in [2.45, 2.75) is 62.6 Å². The first-order chi connectivity index (χ1) is 17.9. The Balaban J connectivity index is 1.12. The third-order valence-electron chi connectivity index (χ3n) is 8.40. The second-order valence-electron chi connectivity index (χ2n) is 11.4. The number of aromatic amines is 1. The van der Waals surface area contributed by atoms with Crippen molar-refractivity contribution >= 4 is 22.6 Å². The van der Waals surface area contributed by atoms with Crippen molar-refractivity contribution in [1.82, 2.24) is 14.9 Å². The number of likely N-dealkylation sites (tertiary alicyclic amines) is 1. The van der Waals surface area contributed by atoms with Crippen molar-refractivity contribution in [3.05, 3.63) is 52.8 Å². The van der Waals surface area contributed by atoms with Gasteiger partial charge >= 0.3 is 6.18 Å². The van der Waals surface area contributed by atoms with Crippen LogP contribution in [0.5, 0.6) is 5.75 Å². The molecule has 0 bridgehead atoms. The number of H-pyrrole nitrogens is 1. The van der Waals surface area contributed by atoms with Gasteiger partial charge in [-0.25, -0.2) is 4.98 Å². The van der Waals surface area contributed by atoms with Gasteiger partial charge in [0, 0.05) is 24.2 Å². The van der Waals surface area contributed by atoms with Gasteiger partial charge in [-0.05, 0) is 70.3 Å². The average Bonchev–Trinajstić information content (AvgIpc) is 3.37. The molecule has 10 heteroatoms. The SMILES string of the molecule is Cc1ccc2c(c1)C1(CCN(CCOc3cc(C(F)(F)F)c4nc(C5CC(C)(O)C5)[nH]c4c3)CC1)C(=O)N2. The van der Waals surface area contributed by atoms with Gasteiger partial charge in [0.15, 0.2) is 0 Å². The number of halogens is 3. The first kappa shape index (κ1) is 25.2. The van der Waals surface area contributed by atoms with E-state index in [1.165, 1.54) is 0 Å². The smallest absolute Gasteiger partial charge is 0.418 e. The third-order valence-corrected chi connectivity index (χ3v) is 8.40. The lowest BCUT2D eigenvalue weighted by Gasteiger charge is -2.39. The minimum atomic E-state index is -4.58. The van der Waals surface area contributed by atoms with Crippen LogP contribution in [0.3, 0.4) is 0 Å². The van der Waals surface area contributed by atoms with Gasteiger partial charge in [0.05, 0.1) is 22.1 Å². The van der Waals surface area contributed by atoms with Crippen LogP contribution in [0.25, 0.3) is 11.0 Å². The molecule has 3 aliphatic rings.